The van der Waals surface area contributed by atoms with Crippen molar-refractivity contribution in [3.8, 4) is 0 Å². The zero-order chi connectivity index (χ0) is 27.0. The number of carboxylic acids is 1. The summed E-state index contributed by atoms with van der Waals surface area (Å²) in [7, 11) is 0. The number of hydrogen-bond acceptors (Lipinski definition) is 6. The van der Waals surface area contributed by atoms with Crippen LogP contribution in [0.2, 0.25) is 0 Å². The summed E-state index contributed by atoms with van der Waals surface area (Å²) < 4.78 is 0. The van der Waals surface area contributed by atoms with Gasteiger partial charge in [0.05, 0.1) is 18.1 Å². The van der Waals surface area contributed by atoms with E-state index in [0.29, 0.717) is 43.3 Å². The number of aliphatic hydroxyl groups excluding tert-OH is 2. The summed E-state index contributed by atoms with van der Waals surface area (Å²) in [5, 5.41) is 32.2. The molecule has 8 atom stereocenters. The molecule has 0 aromatic heterocycles. The first-order valence-electron chi connectivity index (χ1n) is 13.4. The molecule has 7 heteroatoms. The van der Waals surface area contributed by atoms with E-state index in [1.165, 1.54) is 6.92 Å². The molecule has 4 aliphatic rings. The Labute approximate surface area is 213 Å². The Morgan fingerprint density at radius 3 is 2.31 bits per heavy atom. The van der Waals surface area contributed by atoms with Crippen LogP contribution in [0.5, 0.6) is 0 Å². The zero-order valence-corrected chi connectivity index (χ0v) is 22.5. The van der Waals surface area contributed by atoms with Gasteiger partial charge in [0.25, 0.3) is 0 Å². The highest BCUT2D eigenvalue weighted by Gasteiger charge is 2.69. The molecule has 3 N–H and O–H groups in total. The molecule has 0 aromatic carbocycles. The van der Waals surface area contributed by atoms with E-state index in [1.807, 2.05) is 27.7 Å². The Hall–Kier alpha value is -1.86. The molecule has 0 aliphatic heterocycles. The largest absolute Gasteiger partial charge is 0.481 e. The molecule has 0 radical (unpaired) electrons. The van der Waals surface area contributed by atoms with Gasteiger partial charge in [0, 0.05) is 47.5 Å². The van der Waals surface area contributed by atoms with E-state index >= 15 is 0 Å². The fourth-order valence-electron chi connectivity index (χ4n) is 8.71. The van der Waals surface area contributed by atoms with E-state index in [-0.39, 0.29) is 48.4 Å². The van der Waals surface area contributed by atoms with Crippen molar-refractivity contribution in [3.63, 3.8) is 0 Å². The lowest BCUT2D eigenvalue weighted by Crippen LogP contribution is -2.60. The second kappa shape index (κ2) is 8.59. The molecule has 0 heterocycles. The van der Waals surface area contributed by atoms with Crippen molar-refractivity contribution in [2.24, 2.45) is 39.4 Å². The van der Waals surface area contributed by atoms with Crippen molar-refractivity contribution < 1.29 is 34.5 Å². The fourth-order valence-corrected chi connectivity index (χ4v) is 8.71. The van der Waals surface area contributed by atoms with Crippen LogP contribution >= 0.6 is 0 Å². The topological polar surface area (TPSA) is 129 Å². The van der Waals surface area contributed by atoms with E-state index in [0.717, 1.165) is 0 Å². The third-order valence-electron chi connectivity index (χ3n) is 11.2. The lowest BCUT2D eigenvalue weighted by molar-refractivity contribution is -0.146. The van der Waals surface area contributed by atoms with E-state index in [2.05, 4.69) is 6.92 Å². The second-order valence-electron chi connectivity index (χ2n) is 13.3. The Balaban J connectivity index is 1.70. The summed E-state index contributed by atoms with van der Waals surface area (Å²) in [5.74, 6) is -1.96. The zero-order valence-electron chi connectivity index (χ0n) is 22.5. The van der Waals surface area contributed by atoms with Gasteiger partial charge in [-0.1, -0.05) is 41.5 Å². The predicted molar refractivity (Wildman–Crippen MR) is 133 cm³/mol. The number of carboxylic acid groups (broad SMARTS) is 1. The van der Waals surface area contributed by atoms with Crippen LogP contribution in [0.15, 0.2) is 11.1 Å². The number of fused-ring (bicyclic) bond motifs is 4. The number of rotatable bonds is 6. The average Bonchev–Trinajstić information content (AvgIpc) is 2.97. The summed E-state index contributed by atoms with van der Waals surface area (Å²) in [6.07, 6.45) is 0.977. The molecule has 7 nitrogen and oxygen atoms in total. The first kappa shape index (κ1) is 27.2. The van der Waals surface area contributed by atoms with E-state index in [1.54, 1.807) is 0 Å². The lowest BCUT2D eigenvalue weighted by atomic mass is 9.42. The van der Waals surface area contributed by atoms with Gasteiger partial charge in [0.2, 0.25) is 0 Å². The minimum absolute atomic E-state index is 0.00806. The molecule has 0 spiro atoms. The average molecular weight is 503 g/mol. The van der Waals surface area contributed by atoms with Crippen molar-refractivity contribution in [2.45, 2.75) is 105 Å². The molecule has 0 amide bonds. The maximum absolute atomic E-state index is 14.0. The smallest absolute Gasteiger partial charge is 0.306 e. The Kier molecular flexibility index (Phi) is 6.48. The third-order valence-corrected chi connectivity index (χ3v) is 11.2. The fraction of sp³-hybridized carbons (Fsp3) is 0.793. The Bertz CT molecular complexity index is 1040. The first-order chi connectivity index (χ1) is 16.5. The van der Waals surface area contributed by atoms with Crippen LogP contribution in [0.25, 0.3) is 0 Å². The van der Waals surface area contributed by atoms with Gasteiger partial charge in [0.15, 0.2) is 5.78 Å². The number of allylic oxidation sites excluding steroid dienone is 1. The second-order valence-corrected chi connectivity index (χ2v) is 13.3. The lowest BCUT2D eigenvalue weighted by Gasteiger charge is -2.61. The number of carbonyl (C=O) groups is 4. The Morgan fingerprint density at radius 2 is 1.69 bits per heavy atom. The maximum atomic E-state index is 14.0. The van der Waals surface area contributed by atoms with Crippen LogP contribution in [-0.4, -0.2) is 50.8 Å². The number of aliphatic carboxylic acids is 1. The third kappa shape index (κ3) is 3.59. The maximum Gasteiger partial charge on any atom is 0.306 e. The molecule has 0 saturated heterocycles. The molecular formula is C29H42O7. The monoisotopic (exact) mass is 502 g/mol. The number of Topliss-reactive ketones (excluding diaryl/α,β-unsaturated/α-hetero) is 3. The van der Waals surface area contributed by atoms with Crippen LogP contribution in [0.4, 0.5) is 0 Å². The number of carbonyl (C=O) groups excluding carboxylic acids is 3. The Morgan fingerprint density at radius 1 is 1.06 bits per heavy atom. The van der Waals surface area contributed by atoms with Crippen LogP contribution < -0.4 is 0 Å². The number of hydrogen-bond donors (Lipinski definition) is 3. The minimum atomic E-state index is -0.998. The summed E-state index contributed by atoms with van der Waals surface area (Å²) >= 11 is 0. The SMILES string of the molecule is C[C@@H](CC(=O)CC[C@H]1C[C@H](O)[C@@]2(C)C3=C(C(=O)C[C@]12C)[C@@]1(C)CCC(=O)C(C)(C)[C@@H]1C[C@@H]3O)C(=O)O. The van der Waals surface area contributed by atoms with Gasteiger partial charge in [0.1, 0.15) is 11.6 Å². The van der Waals surface area contributed by atoms with Crippen LogP contribution in [0.1, 0.15) is 92.9 Å². The van der Waals surface area contributed by atoms with Gasteiger partial charge in [-0.3, -0.25) is 19.2 Å². The van der Waals surface area contributed by atoms with Gasteiger partial charge in [-0.25, -0.2) is 0 Å². The predicted octanol–water partition coefficient (Wildman–Crippen LogP) is 3.89. The van der Waals surface area contributed by atoms with Gasteiger partial charge in [-0.15, -0.1) is 0 Å². The van der Waals surface area contributed by atoms with Crippen LogP contribution in [0, 0.1) is 39.4 Å². The number of ketones is 3. The molecule has 4 aliphatic carbocycles. The first-order valence-corrected chi connectivity index (χ1v) is 13.4. The number of aliphatic hydroxyl groups is 2. The molecule has 0 bridgehead atoms. The molecule has 2 fully saturated rings. The molecule has 200 valence electrons. The van der Waals surface area contributed by atoms with Crippen molar-refractivity contribution in [2.75, 3.05) is 0 Å². The highest BCUT2D eigenvalue weighted by atomic mass is 16.4. The molecule has 2 saturated carbocycles. The molecule has 4 rings (SSSR count). The van der Waals surface area contributed by atoms with Crippen LogP contribution in [-0.2, 0) is 19.2 Å². The quantitative estimate of drug-likeness (QED) is 0.502. The van der Waals surface area contributed by atoms with Crippen LogP contribution in [0.3, 0.4) is 0 Å². The van der Waals surface area contributed by atoms with Gasteiger partial charge < -0.3 is 15.3 Å². The highest BCUT2D eigenvalue weighted by Crippen LogP contribution is 2.71. The van der Waals surface area contributed by atoms with Crippen molar-refractivity contribution >= 4 is 23.3 Å². The normalized spacial score (nSPS) is 42.4. The molecule has 0 unspecified atom stereocenters. The van der Waals surface area contributed by atoms with E-state index in [9.17, 15) is 29.4 Å². The van der Waals surface area contributed by atoms with Crippen molar-refractivity contribution in [3.05, 3.63) is 11.1 Å². The van der Waals surface area contributed by atoms with Gasteiger partial charge in [-0.05, 0) is 48.5 Å². The summed E-state index contributed by atoms with van der Waals surface area (Å²) in [5.41, 5.74) is -1.33. The standard InChI is InChI=1S/C29H42O7/c1-15(25(35)36)11-17(30)8-7-16-12-22(34)29(6)24-18(31)13-20-26(2,3)21(33)9-10-27(20,4)23(24)19(32)14-28(16,29)5/h15-16,18,20,22,31,34H,7-14H2,1-6H3,(H,35,36)/t15-,16-,18-,20-,22-,27-,28+,29-/m0/s1. The van der Waals surface area contributed by atoms with E-state index in [4.69, 9.17) is 5.11 Å². The van der Waals surface area contributed by atoms with Gasteiger partial charge in [-0.2, -0.15) is 0 Å². The summed E-state index contributed by atoms with van der Waals surface area (Å²) in [6, 6.07) is 0. The summed E-state index contributed by atoms with van der Waals surface area (Å²) in [6.45, 7) is 11.4. The van der Waals surface area contributed by atoms with E-state index < -0.39 is 45.8 Å². The minimum Gasteiger partial charge on any atom is -0.481 e. The highest BCUT2D eigenvalue weighted by molar-refractivity contribution is 6.01. The van der Waals surface area contributed by atoms with Crippen molar-refractivity contribution in [1.29, 1.82) is 0 Å². The summed E-state index contributed by atoms with van der Waals surface area (Å²) in [4.78, 5) is 50.4. The van der Waals surface area contributed by atoms with Crippen molar-refractivity contribution in [1.82, 2.24) is 0 Å². The van der Waals surface area contributed by atoms with Gasteiger partial charge >= 0.3 is 5.97 Å². The molecule has 0 aromatic rings. The molecular weight excluding hydrogens is 460 g/mol. The molecule has 36 heavy (non-hydrogen) atoms.